The number of thiophene rings is 1. The van der Waals surface area contributed by atoms with Gasteiger partial charge in [-0.15, -0.1) is 16.4 Å². The Morgan fingerprint density at radius 3 is 2.74 bits per heavy atom. The van der Waals surface area contributed by atoms with Crippen LogP contribution in [-0.2, 0) is 6.54 Å². The van der Waals surface area contributed by atoms with E-state index in [0.29, 0.717) is 18.0 Å². The molecule has 27 heavy (non-hydrogen) atoms. The van der Waals surface area contributed by atoms with Gasteiger partial charge in [0, 0.05) is 19.5 Å². The van der Waals surface area contributed by atoms with Gasteiger partial charge in [0.2, 0.25) is 0 Å². The van der Waals surface area contributed by atoms with Gasteiger partial charge in [0.25, 0.3) is 17.7 Å². The van der Waals surface area contributed by atoms with E-state index in [1.807, 2.05) is 0 Å². The van der Waals surface area contributed by atoms with Gasteiger partial charge in [-0.1, -0.05) is 11.3 Å². The third-order valence-corrected chi connectivity index (χ3v) is 5.78. The van der Waals surface area contributed by atoms with Crippen molar-refractivity contribution in [2.75, 3.05) is 19.6 Å². The van der Waals surface area contributed by atoms with E-state index >= 15 is 0 Å². The number of nitrogens with zero attached hydrogens (tertiary/aromatic N) is 5. The summed E-state index contributed by atoms with van der Waals surface area (Å²) in [5.41, 5.74) is 0.206. The highest BCUT2D eigenvalue weighted by Crippen LogP contribution is 2.34. The Kier molecular flexibility index (Phi) is 4.67. The maximum atomic E-state index is 14.0. The second kappa shape index (κ2) is 6.99. The minimum Gasteiger partial charge on any atom is -0.337 e. The highest BCUT2D eigenvalue weighted by molar-refractivity contribution is 7.12. The lowest BCUT2D eigenvalue weighted by Gasteiger charge is -2.23. The van der Waals surface area contributed by atoms with Crippen molar-refractivity contribution in [1.29, 1.82) is 0 Å². The number of likely N-dealkylation sites (tertiary alicyclic amines) is 2. The van der Waals surface area contributed by atoms with Crippen molar-refractivity contribution in [2.24, 2.45) is 0 Å². The molecular formula is C17H19F2N5O2S. The van der Waals surface area contributed by atoms with Crippen LogP contribution in [0.4, 0.5) is 8.78 Å². The molecule has 0 bridgehead atoms. The maximum absolute atomic E-state index is 14.0. The van der Waals surface area contributed by atoms with Crippen LogP contribution in [0.2, 0.25) is 0 Å². The van der Waals surface area contributed by atoms with Gasteiger partial charge < -0.3 is 9.80 Å². The van der Waals surface area contributed by atoms with Crippen LogP contribution in [0.5, 0.6) is 0 Å². The molecule has 2 saturated heterocycles. The number of carbonyl (C=O) groups is 2. The molecule has 0 saturated carbocycles. The van der Waals surface area contributed by atoms with Crippen LogP contribution in [0.1, 0.15) is 39.4 Å². The number of hydrogen-bond acceptors (Lipinski definition) is 5. The molecule has 0 aromatic carbocycles. The average Bonchev–Trinajstić information content (AvgIpc) is 3.41. The number of aromatic nitrogens is 3. The first kappa shape index (κ1) is 18.0. The summed E-state index contributed by atoms with van der Waals surface area (Å²) in [5.74, 6) is -3.53. The molecule has 0 N–H and O–H groups in total. The van der Waals surface area contributed by atoms with E-state index < -0.39 is 30.8 Å². The van der Waals surface area contributed by atoms with Crippen LogP contribution in [0.25, 0.3) is 0 Å². The van der Waals surface area contributed by atoms with Crippen LogP contribution in [0.15, 0.2) is 23.7 Å². The fourth-order valence-corrected chi connectivity index (χ4v) is 4.30. The first-order valence-corrected chi connectivity index (χ1v) is 9.73. The summed E-state index contributed by atoms with van der Waals surface area (Å²) in [5, 5.41) is 9.55. The van der Waals surface area contributed by atoms with Crippen molar-refractivity contribution in [3.8, 4) is 0 Å². The van der Waals surface area contributed by atoms with Gasteiger partial charge in [0.05, 0.1) is 30.2 Å². The highest BCUT2D eigenvalue weighted by Gasteiger charge is 2.47. The minimum atomic E-state index is -2.94. The lowest BCUT2D eigenvalue weighted by molar-refractivity contribution is 0.0118. The number of hydrogen-bond donors (Lipinski definition) is 0. The molecule has 144 valence electrons. The molecule has 2 aliphatic rings. The van der Waals surface area contributed by atoms with Crippen LogP contribution in [0, 0.1) is 0 Å². The van der Waals surface area contributed by atoms with Gasteiger partial charge in [-0.05, 0) is 24.3 Å². The van der Waals surface area contributed by atoms with E-state index in [2.05, 4.69) is 10.3 Å². The van der Waals surface area contributed by atoms with E-state index in [9.17, 15) is 18.4 Å². The van der Waals surface area contributed by atoms with E-state index in [1.54, 1.807) is 22.4 Å². The Bertz CT molecular complexity index is 832. The monoisotopic (exact) mass is 395 g/mol. The van der Waals surface area contributed by atoms with Crippen LogP contribution < -0.4 is 0 Å². The van der Waals surface area contributed by atoms with Crippen molar-refractivity contribution < 1.29 is 18.4 Å². The Morgan fingerprint density at radius 1 is 1.26 bits per heavy atom. The number of rotatable bonds is 4. The largest absolute Gasteiger partial charge is 0.337 e. The summed E-state index contributed by atoms with van der Waals surface area (Å²) in [6.45, 7) is 0.864. The number of alkyl halides is 2. The van der Waals surface area contributed by atoms with Crippen molar-refractivity contribution in [3.63, 3.8) is 0 Å². The molecule has 2 aromatic heterocycles. The van der Waals surface area contributed by atoms with Crippen LogP contribution in [0.3, 0.4) is 0 Å². The van der Waals surface area contributed by atoms with Gasteiger partial charge in [-0.2, -0.15) is 0 Å². The molecule has 4 rings (SSSR count). The molecule has 2 aromatic rings. The second-order valence-electron chi connectivity index (χ2n) is 6.95. The lowest BCUT2D eigenvalue weighted by atomic mass is 10.2. The van der Waals surface area contributed by atoms with Gasteiger partial charge >= 0.3 is 0 Å². The number of carbonyl (C=O) groups excluding carboxylic acids is 2. The maximum Gasteiger partial charge on any atom is 0.276 e. The summed E-state index contributed by atoms with van der Waals surface area (Å²) in [6, 6.07) is 2.64. The zero-order chi connectivity index (χ0) is 19.0. The third-order valence-electron chi connectivity index (χ3n) is 4.92. The van der Waals surface area contributed by atoms with Crippen molar-refractivity contribution >= 4 is 23.2 Å². The summed E-state index contributed by atoms with van der Waals surface area (Å²) in [6.07, 6.45) is 2.98. The molecule has 1 atom stereocenters. The molecule has 7 nitrogen and oxygen atoms in total. The smallest absolute Gasteiger partial charge is 0.276 e. The molecule has 0 unspecified atom stereocenters. The summed E-state index contributed by atoms with van der Waals surface area (Å²) >= 11 is 1.23. The van der Waals surface area contributed by atoms with Crippen molar-refractivity contribution in [3.05, 3.63) is 34.3 Å². The predicted molar refractivity (Wildman–Crippen MR) is 93.9 cm³/mol. The average molecular weight is 395 g/mol. The lowest BCUT2D eigenvalue weighted by Crippen LogP contribution is -2.38. The molecular weight excluding hydrogens is 376 g/mol. The van der Waals surface area contributed by atoms with E-state index in [4.69, 9.17) is 0 Å². The Balaban J connectivity index is 1.48. The van der Waals surface area contributed by atoms with E-state index in [0.717, 1.165) is 12.8 Å². The first-order valence-electron chi connectivity index (χ1n) is 8.85. The first-order chi connectivity index (χ1) is 12.9. The van der Waals surface area contributed by atoms with E-state index in [1.165, 1.54) is 27.1 Å². The van der Waals surface area contributed by atoms with Gasteiger partial charge in [0.15, 0.2) is 5.69 Å². The molecule has 0 spiro atoms. The minimum absolute atomic E-state index is 0.0764. The molecule has 0 radical (unpaired) electrons. The third kappa shape index (κ3) is 3.71. The van der Waals surface area contributed by atoms with Crippen molar-refractivity contribution in [1.82, 2.24) is 24.8 Å². The molecule has 2 aliphatic heterocycles. The number of halogens is 2. The highest BCUT2D eigenvalue weighted by atomic mass is 32.1. The van der Waals surface area contributed by atoms with Gasteiger partial charge in [0.1, 0.15) is 0 Å². The van der Waals surface area contributed by atoms with E-state index in [-0.39, 0.29) is 18.1 Å². The Morgan fingerprint density at radius 2 is 2.04 bits per heavy atom. The molecule has 0 aliphatic carbocycles. The van der Waals surface area contributed by atoms with Gasteiger partial charge in [-0.3, -0.25) is 9.59 Å². The second-order valence-corrected chi connectivity index (χ2v) is 7.90. The van der Waals surface area contributed by atoms with Crippen molar-refractivity contribution in [2.45, 2.75) is 37.8 Å². The summed E-state index contributed by atoms with van der Waals surface area (Å²) < 4.78 is 29.4. The normalized spacial score (nSPS) is 21.8. The quantitative estimate of drug-likeness (QED) is 0.795. The van der Waals surface area contributed by atoms with Crippen LogP contribution >= 0.6 is 11.3 Å². The standard InChI is InChI=1S/C17H19F2N5O2S/c18-17(19)8-12(24(11-17)16(26)14-4-3-7-27-14)9-23-10-13(20-21-23)15(25)22-5-1-2-6-22/h3-4,7,10,12H,1-2,5-6,8-9,11H2/t12-/m0/s1. The fourth-order valence-electron chi connectivity index (χ4n) is 3.62. The summed E-state index contributed by atoms with van der Waals surface area (Å²) in [7, 11) is 0. The zero-order valence-corrected chi connectivity index (χ0v) is 15.4. The topological polar surface area (TPSA) is 71.3 Å². The zero-order valence-electron chi connectivity index (χ0n) is 14.6. The van der Waals surface area contributed by atoms with Crippen LogP contribution in [-0.4, -0.2) is 68.2 Å². The van der Waals surface area contributed by atoms with Gasteiger partial charge in [-0.25, -0.2) is 13.5 Å². The predicted octanol–water partition coefficient (Wildman–Crippen LogP) is 2.13. The number of amides is 2. The molecule has 2 fully saturated rings. The molecule has 2 amide bonds. The molecule has 4 heterocycles. The fraction of sp³-hybridized carbons (Fsp3) is 0.529. The SMILES string of the molecule is O=C(c1cn(C[C@@H]2CC(F)(F)CN2C(=O)c2cccs2)nn1)N1CCCC1. The Labute approximate surface area is 158 Å². The summed E-state index contributed by atoms with van der Waals surface area (Å²) in [4.78, 5) is 28.3. The Hall–Kier alpha value is -2.36. The molecule has 10 heteroatoms.